The van der Waals surface area contributed by atoms with E-state index >= 15 is 0 Å². The second kappa shape index (κ2) is 5.37. The van der Waals surface area contributed by atoms with Crippen LogP contribution in [0, 0.1) is 17.1 Å². The van der Waals surface area contributed by atoms with Gasteiger partial charge in [0, 0.05) is 17.5 Å². The molecule has 1 aliphatic rings. The van der Waals surface area contributed by atoms with Crippen molar-refractivity contribution < 1.29 is 13.9 Å². The van der Waals surface area contributed by atoms with Gasteiger partial charge in [-0.1, -0.05) is 12.1 Å². The summed E-state index contributed by atoms with van der Waals surface area (Å²) in [4.78, 5) is 11.7. The quantitative estimate of drug-likeness (QED) is 0.866. The number of ether oxygens (including phenoxy) is 1. The number of Topliss-reactive ketones (excluding diaryl/α,β-unsaturated/α-hetero) is 1. The SMILES string of the molecule is N#Cc1cc(F)cc(COc2cccc3c2CCC3=O)c1. The van der Waals surface area contributed by atoms with Crippen LogP contribution in [0.25, 0.3) is 0 Å². The Hall–Kier alpha value is -2.67. The van der Waals surface area contributed by atoms with Gasteiger partial charge in [0.1, 0.15) is 18.2 Å². The van der Waals surface area contributed by atoms with Crippen molar-refractivity contribution in [2.45, 2.75) is 19.4 Å². The van der Waals surface area contributed by atoms with E-state index in [4.69, 9.17) is 10.00 Å². The third-order valence-electron chi connectivity index (χ3n) is 3.52. The van der Waals surface area contributed by atoms with Gasteiger partial charge in [-0.05, 0) is 36.2 Å². The van der Waals surface area contributed by atoms with E-state index < -0.39 is 5.82 Å². The lowest BCUT2D eigenvalue weighted by Gasteiger charge is -2.10. The molecule has 0 atom stereocenters. The van der Waals surface area contributed by atoms with E-state index in [1.165, 1.54) is 12.1 Å². The van der Waals surface area contributed by atoms with Crippen molar-refractivity contribution in [3.8, 4) is 11.8 Å². The second-order valence-electron chi connectivity index (χ2n) is 4.95. The van der Waals surface area contributed by atoms with Crippen molar-refractivity contribution in [2.24, 2.45) is 0 Å². The van der Waals surface area contributed by atoms with Crippen LogP contribution >= 0.6 is 0 Å². The summed E-state index contributed by atoms with van der Waals surface area (Å²) in [5.41, 5.74) is 2.49. The minimum absolute atomic E-state index is 0.132. The van der Waals surface area contributed by atoms with Gasteiger partial charge in [0.05, 0.1) is 11.6 Å². The maximum atomic E-state index is 13.4. The molecule has 0 aromatic heterocycles. The fourth-order valence-corrected chi connectivity index (χ4v) is 2.55. The number of halogens is 1. The Morgan fingerprint density at radius 3 is 2.90 bits per heavy atom. The number of nitrogens with zero attached hydrogens (tertiary/aromatic N) is 1. The van der Waals surface area contributed by atoms with Crippen molar-refractivity contribution >= 4 is 5.78 Å². The van der Waals surface area contributed by atoms with E-state index in [1.54, 1.807) is 18.2 Å². The molecular weight excluding hydrogens is 269 g/mol. The first-order valence-corrected chi connectivity index (χ1v) is 6.65. The second-order valence-corrected chi connectivity index (χ2v) is 4.95. The molecule has 0 aliphatic heterocycles. The standard InChI is InChI=1S/C17H12FNO2/c18-13-7-11(9-19)6-12(8-13)10-21-17-3-1-2-14-15(17)4-5-16(14)20/h1-3,6-8H,4-5,10H2. The predicted molar refractivity (Wildman–Crippen MR) is 74.5 cm³/mol. The van der Waals surface area contributed by atoms with Crippen molar-refractivity contribution in [1.82, 2.24) is 0 Å². The molecular formula is C17H12FNO2. The van der Waals surface area contributed by atoms with Gasteiger partial charge in [0.15, 0.2) is 5.78 Å². The van der Waals surface area contributed by atoms with Crippen molar-refractivity contribution in [1.29, 1.82) is 5.26 Å². The Morgan fingerprint density at radius 1 is 1.24 bits per heavy atom. The van der Waals surface area contributed by atoms with E-state index in [0.717, 1.165) is 5.56 Å². The fourth-order valence-electron chi connectivity index (χ4n) is 2.55. The third kappa shape index (κ3) is 2.63. The summed E-state index contributed by atoms with van der Waals surface area (Å²) in [7, 11) is 0. The zero-order chi connectivity index (χ0) is 14.8. The number of ketones is 1. The van der Waals surface area contributed by atoms with Crippen LogP contribution in [0.1, 0.15) is 33.5 Å². The first-order chi connectivity index (χ1) is 10.2. The first kappa shape index (κ1) is 13.3. The number of fused-ring (bicyclic) bond motifs is 1. The molecule has 0 N–H and O–H groups in total. The largest absolute Gasteiger partial charge is 0.489 e. The molecule has 0 bridgehead atoms. The maximum Gasteiger partial charge on any atom is 0.163 e. The average molecular weight is 281 g/mol. The molecule has 0 saturated heterocycles. The molecule has 3 rings (SSSR count). The molecule has 0 saturated carbocycles. The lowest BCUT2D eigenvalue weighted by Crippen LogP contribution is -2.00. The van der Waals surface area contributed by atoms with Gasteiger partial charge in [0.25, 0.3) is 0 Å². The highest BCUT2D eigenvalue weighted by atomic mass is 19.1. The molecule has 0 fully saturated rings. The van der Waals surface area contributed by atoms with Crippen LogP contribution in [0.5, 0.6) is 5.75 Å². The van der Waals surface area contributed by atoms with E-state index in [1.807, 2.05) is 12.1 Å². The van der Waals surface area contributed by atoms with E-state index in [2.05, 4.69) is 0 Å². The van der Waals surface area contributed by atoms with Gasteiger partial charge in [-0.25, -0.2) is 4.39 Å². The lowest BCUT2D eigenvalue weighted by atomic mass is 10.1. The van der Waals surface area contributed by atoms with Crippen LogP contribution in [-0.4, -0.2) is 5.78 Å². The number of carbonyl (C=O) groups excluding carboxylic acids is 1. The number of hydrogen-bond donors (Lipinski definition) is 0. The van der Waals surface area contributed by atoms with Gasteiger partial charge in [-0.2, -0.15) is 5.26 Å². The minimum Gasteiger partial charge on any atom is -0.489 e. The van der Waals surface area contributed by atoms with Crippen LogP contribution in [0.2, 0.25) is 0 Å². The number of carbonyl (C=O) groups is 1. The average Bonchev–Trinajstić information content (AvgIpc) is 2.87. The smallest absolute Gasteiger partial charge is 0.163 e. The van der Waals surface area contributed by atoms with Crippen LogP contribution < -0.4 is 4.74 Å². The summed E-state index contributed by atoms with van der Waals surface area (Å²) in [6.45, 7) is 0.164. The van der Waals surface area contributed by atoms with Crippen LogP contribution in [0.3, 0.4) is 0 Å². The summed E-state index contributed by atoms with van der Waals surface area (Å²) in [6.07, 6.45) is 1.19. The number of hydrogen-bond acceptors (Lipinski definition) is 3. The molecule has 104 valence electrons. The molecule has 3 nitrogen and oxygen atoms in total. The zero-order valence-corrected chi connectivity index (χ0v) is 11.2. The molecule has 0 unspecified atom stereocenters. The Balaban J connectivity index is 1.82. The number of benzene rings is 2. The van der Waals surface area contributed by atoms with Crippen molar-refractivity contribution in [3.63, 3.8) is 0 Å². The predicted octanol–water partition coefficient (Wildman–Crippen LogP) is 3.41. The highest BCUT2D eigenvalue weighted by molar-refractivity contribution is 6.01. The van der Waals surface area contributed by atoms with Crippen molar-refractivity contribution in [3.05, 3.63) is 64.5 Å². The van der Waals surface area contributed by atoms with Crippen molar-refractivity contribution in [2.75, 3.05) is 0 Å². The highest BCUT2D eigenvalue weighted by Crippen LogP contribution is 2.31. The van der Waals surface area contributed by atoms with Gasteiger partial charge < -0.3 is 4.74 Å². The molecule has 1 aliphatic carbocycles. The topological polar surface area (TPSA) is 50.1 Å². The number of rotatable bonds is 3. The van der Waals surface area contributed by atoms with E-state index in [0.29, 0.717) is 29.7 Å². The normalized spacial score (nSPS) is 12.9. The maximum absolute atomic E-state index is 13.4. The summed E-state index contributed by atoms with van der Waals surface area (Å²) in [6, 6.07) is 11.4. The van der Waals surface area contributed by atoms with E-state index in [-0.39, 0.29) is 18.0 Å². The minimum atomic E-state index is -0.457. The fraction of sp³-hybridized carbons (Fsp3) is 0.176. The number of nitriles is 1. The third-order valence-corrected chi connectivity index (χ3v) is 3.52. The highest BCUT2D eigenvalue weighted by Gasteiger charge is 2.22. The first-order valence-electron chi connectivity index (χ1n) is 6.65. The zero-order valence-electron chi connectivity index (χ0n) is 11.2. The summed E-state index contributed by atoms with van der Waals surface area (Å²) >= 11 is 0. The molecule has 2 aromatic rings. The molecule has 0 heterocycles. The van der Waals surface area contributed by atoms with Gasteiger partial charge in [0.2, 0.25) is 0 Å². The Kier molecular flexibility index (Phi) is 3.41. The molecule has 0 spiro atoms. The van der Waals surface area contributed by atoms with Gasteiger partial charge in [-0.3, -0.25) is 4.79 Å². The monoisotopic (exact) mass is 281 g/mol. The van der Waals surface area contributed by atoms with Gasteiger partial charge in [-0.15, -0.1) is 0 Å². The summed E-state index contributed by atoms with van der Waals surface area (Å²) in [5.74, 6) is 0.329. The summed E-state index contributed by atoms with van der Waals surface area (Å²) < 4.78 is 19.1. The van der Waals surface area contributed by atoms with Gasteiger partial charge >= 0.3 is 0 Å². The van der Waals surface area contributed by atoms with Crippen LogP contribution in [-0.2, 0) is 13.0 Å². The van der Waals surface area contributed by atoms with Crippen LogP contribution in [0.15, 0.2) is 36.4 Å². The summed E-state index contributed by atoms with van der Waals surface area (Å²) in [5, 5.41) is 8.83. The molecule has 0 amide bonds. The molecule has 21 heavy (non-hydrogen) atoms. The molecule has 4 heteroatoms. The molecule has 2 aromatic carbocycles. The lowest BCUT2D eigenvalue weighted by molar-refractivity contribution is 0.0994. The Bertz CT molecular complexity index is 762. The van der Waals surface area contributed by atoms with E-state index in [9.17, 15) is 9.18 Å². The Labute approximate surface area is 121 Å². The van der Waals surface area contributed by atoms with Crippen LogP contribution in [0.4, 0.5) is 4.39 Å². The molecule has 0 radical (unpaired) electrons. The Morgan fingerprint density at radius 2 is 2.10 bits per heavy atom.